The molecule has 4 saturated carbocycles. The zero-order valence-corrected chi connectivity index (χ0v) is 34.3. The van der Waals surface area contributed by atoms with Crippen molar-refractivity contribution in [1.82, 2.24) is 9.13 Å². The molecule has 5 aliphatic rings. The third-order valence-electron chi connectivity index (χ3n) is 16.1. The van der Waals surface area contributed by atoms with Crippen molar-refractivity contribution >= 4 is 82.6 Å². The Bertz CT molecular complexity index is 3610. The summed E-state index contributed by atoms with van der Waals surface area (Å²) >= 11 is 0. The maximum atomic E-state index is 6.62. The van der Waals surface area contributed by atoms with Gasteiger partial charge in [-0.2, -0.15) is 0 Å². The standard InChI is InChI=1S/C58H43N3O/c1-6-19-47-40(13-1)44-34-39(27-28-49(44)60(47)54-25-11-16-42-41-14-3-10-26-55(41)62-57(42)54)59-48-20-7-2-15-43(48)56-52(59)23-12-24-53(56)61-50-21-8-4-17-45(50)58(46-18-5-9-22-51(46)61)37-30-35-29-36(32-37)33-38(58)31-35/h1-28,34-38H,29-33H2. The van der Waals surface area contributed by atoms with Gasteiger partial charge in [-0.05, 0) is 134 Å². The fraction of sp³-hybridized carbons (Fsp3) is 0.172. The van der Waals surface area contributed by atoms with Gasteiger partial charge in [0.05, 0.1) is 44.8 Å². The number of anilines is 3. The first-order valence-electron chi connectivity index (χ1n) is 22.7. The summed E-state index contributed by atoms with van der Waals surface area (Å²) in [5.74, 6) is 3.21. The highest BCUT2D eigenvalue weighted by atomic mass is 16.3. The molecule has 1 aliphatic heterocycles. The second-order valence-electron chi connectivity index (χ2n) is 18.9. The molecule has 0 unspecified atom stereocenters. The van der Waals surface area contributed by atoms with Crippen LogP contribution in [0.15, 0.2) is 180 Å². The van der Waals surface area contributed by atoms with Crippen molar-refractivity contribution in [2.75, 3.05) is 4.90 Å². The van der Waals surface area contributed by atoms with E-state index < -0.39 is 0 Å². The summed E-state index contributed by atoms with van der Waals surface area (Å²) in [5.41, 5.74) is 15.9. The number of aromatic nitrogens is 2. The SMILES string of the molecule is c1ccc2c(c1)N(c1cccc3c1c1ccccc1n3-c1ccc3c(c1)c1ccccc1n3-c1cccc3c1oc1ccccc13)c1ccccc1C21C2CC3CC(C2)CC1C3. The van der Waals surface area contributed by atoms with Crippen molar-refractivity contribution in [3.05, 3.63) is 187 Å². The smallest absolute Gasteiger partial charge is 0.159 e. The summed E-state index contributed by atoms with van der Waals surface area (Å²) in [6, 6.07) is 65.8. The Labute approximate surface area is 359 Å². The van der Waals surface area contributed by atoms with E-state index in [2.05, 4.69) is 184 Å². The normalized spacial score (nSPS) is 21.0. The van der Waals surface area contributed by atoms with E-state index in [1.807, 2.05) is 6.07 Å². The Morgan fingerprint density at radius 3 is 1.71 bits per heavy atom. The van der Waals surface area contributed by atoms with E-state index in [9.17, 15) is 0 Å². The molecule has 0 saturated heterocycles. The molecule has 8 aromatic carbocycles. The van der Waals surface area contributed by atoms with Crippen molar-refractivity contribution in [3.8, 4) is 11.4 Å². The average Bonchev–Trinajstić information content (AvgIpc) is 3.98. The van der Waals surface area contributed by atoms with Gasteiger partial charge in [-0.1, -0.05) is 109 Å². The molecule has 4 fully saturated rings. The molecule has 0 N–H and O–H groups in total. The van der Waals surface area contributed by atoms with E-state index in [4.69, 9.17) is 4.42 Å². The first kappa shape index (κ1) is 33.7. The van der Waals surface area contributed by atoms with E-state index in [-0.39, 0.29) is 5.41 Å². The van der Waals surface area contributed by atoms with Crippen LogP contribution in [0.25, 0.3) is 76.9 Å². The molecule has 4 heteroatoms. The van der Waals surface area contributed by atoms with Crippen LogP contribution < -0.4 is 4.90 Å². The largest absolute Gasteiger partial charge is 0.454 e. The van der Waals surface area contributed by atoms with Crippen LogP contribution in [-0.2, 0) is 5.41 Å². The predicted octanol–water partition coefficient (Wildman–Crippen LogP) is 15.3. The Morgan fingerprint density at radius 1 is 0.403 bits per heavy atom. The number of fused-ring (bicyclic) bond motifs is 11. The lowest BCUT2D eigenvalue weighted by atomic mass is 9.41. The summed E-state index contributed by atoms with van der Waals surface area (Å²) < 4.78 is 11.5. The summed E-state index contributed by atoms with van der Waals surface area (Å²) in [4.78, 5) is 2.63. The molecular formula is C58H43N3O. The monoisotopic (exact) mass is 797 g/mol. The van der Waals surface area contributed by atoms with Crippen LogP contribution in [0.2, 0.25) is 0 Å². The number of hydrogen-bond acceptors (Lipinski definition) is 2. The maximum Gasteiger partial charge on any atom is 0.159 e. The maximum absolute atomic E-state index is 6.62. The molecule has 0 amide bonds. The van der Waals surface area contributed by atoms with Crippen LogP contribution >= 0.6 is 0 Å². The first-order chi connectivity index (χ1) is 30.7. The number of hydrogen-bond donors (Lipinski definition) is 0. The van der Waals surface area contributed by atoms with Crippen LogP contribution in [0.4, 0.5) is 17.1 Å². The zero-order valence-electron chi connectivity index (χ0n) is 34.3. The second-order valence-corrected chi connectivity index (χ2v) is 18.9. The third kappa shape index (κ3) is 4.18. The Morgan fingerprint density at radius 2 is 0.952 bits per heavy atom. The Balaban J connectivity index is 0.957. The van der Waals surface area contributed by atoms with Crippen LogP contribution in [0.3, 0.4) is 0 Å². The highest BCUT2D eigenvalue weighted by Crippen LogP contribution is 2.69. The molecule has 0 atom stereocenters. The Hall–Kier alpha value is -7.04. The van der Waals surface area contributed by atoms with E-state index >= 15 is 0 Å². The van der Waals surface area contributed by atoms with Gasteiger partial charge in [0.25, 0.3) is 0 Å². The van der Waals surface area contributed by atoms with Gasteiger partial charge in [0.15, 0.2) is 5.58 Å². The molecule has 4 nitrogen and oxygen atoms in total. The molecule has 11 aromatic rings. The molecule has 62 heavy (non-hydrogen) atoms. The van der Waals surface area contributed by atoms with Gasteiger partial charge < -0.3 is 18.5 Å². The number of para-hydroxylation sites is 6. The van der Waals surface area contributed by atoms with Crippen molar-refractivity contribution in [2.24, 2.45) is 23.7 Å². The highest BCUT2D eigenvalue weighted by Gasteiger charge is 2.61. The predicted molar refractivity (Wildman–Crippen MR) is 255 cm³/mol. The quantitative estimate of drug-likeness (QED) is 0.178. The average molecular weight is 798 g/mol. The van der Waals surface area contributed by atoms with E-state index in [0.717, 1.165) is 56.2 Å². The minimum absolute atomic E-state index is 0.0729. The topological polar surface area (TPSA) is 26.2 Å². The molecule has 4 bridgehead atoms. The molecular weight excluding hydrogens is 755 g/mol. The van der Waals surface area contributed by atoms with Crippen LogP contribution in [0, 0.1) is 23.7 Å². The Kier molecular flexibility index (Phi) is 6.55. The molecule has 296 valence electrons. The lowest BCUT2D eigenvalue weighted by molar-refractivity contribution is -0.0419. The number of furan rings is 1. The lowest BCUT2D eigenvalue weighted by Gasteiger charge is -2.64. The molecule has 0 radical (unpaired) electrons. The van der Waals surface area contributed by atoms with Crippen LogP contribution in [-0.4, -0.2) is 9.13 Å². The van der Waals surface area contributed by atoms with Crippen LogP contribution in [0.1, 0.15) is 43.2 Å². The fourth-order valence-electron chi connectivity index (χ4n) is 14.1. The molecule has 4 heterocycles. The van der Waals surface area contributed by atoms with Crippen molar-refractivity contribution < 1.29 is 4.42 Å². The summed E-state index contributed by atoms with van der Waals surface area (Å²) in [6.45, 7) is 0. The van der Waals surface area contributed by atoms with Gasteiger partial charge in [-0.3, -0.25) is 0 Å². The van der Waals surface area contributed by atoms with Crippen LogP contribution in [0.5, 0.6) is 0 Å². The summed E-state index contributed by atoms with van der Waals surface area (Å²) in [7, 11) is 0. The summed E-state index contributed by atoms with van der Waals surface area (Å²) in [6.07, 6.45) is 6.95. The molecule has 4 aliphatic carbocycles. The van der Waals surface area contributed by atoms with E-state index in [1.165, 1.54) is 81.7 Å². The molecule has 3 aromatic heterocycles. The van der Waals surface area contributed by atoms with Gasteiger partial charge in [-0.25, -0.2) is 0 Å². The highest BCUT2D eigenvalue weighted by molar-refractivity contribution is 6.18. The minimum atomic E-state index is 0.0729. The third-order valence-corrected chi connectivity index (χ3v) is 16.1. The van der Waals surface area contributed by atoms with Crippen molar-refractivity contribution in [3.63, 3.8) is 0 Å². The molecule has 16 rings (SSSR count). The second kappa shape index (κ2) is 12.1. The minimum Gasteiger partial charge on any atom is -0.454 e. The lowest BCUT2D eigenvalue weighted by Crippen LogP contribution is -2.57. The van der Waals surface area contributed by atoms with Crippen molar-refractivity contribution in [2.45, 2.75) is 37.5 Å². The first-order valence-corrected chi connectivity index (χ1v) is 22.7. The molecule has 1 spiro atoms. The van der Waals surface area contributed by atoms with E-state index in [1.54, 1.807) is 11.1 Å². The summed E-state index contributed by atoms with van der Waals surface area (Å²) in [5, 5.41) is 7.26. The van der Waals surface area contributed by atoms with Gasteiger partial charge >= 0.3 is 0 Å². The van der Waals surface area contributed by atoms with Gasteiger partial charge in [0, 0.05) is 43.4 Å². The number of rotatable bonds is 3. The van der Waals surface area contributed by atoms with Gasteiger partial charge in [0.1, 0.15) is 5.58 Å². The van der Waals surface area contributed by atoms with Gasteiger partial charge in [0.2, 0.25) is 0 Å². The number of benzene rings is 8. The zero-order chi connectivity index (χ0) is 40.3. The van der Waals surface area contributed by atoms with Gasteiger partial charge in [-0.15, -0.1) is 0 Å². The number of nitrogens with zero attached hydrogens (tertiary/aromatic N) is 3. The van der Waals surface area contributed by atoms with E-state index in [0.29, 0.717) is 11.8 Å². The van der Waals surface area contributed by atoms with Crippen molar-refractivity contribution in [1.29, 1.82) is 0 Å². The fourth-order valence-corrected chi connectivity index (χ4v) is 14.1.